The smallest absolute Gasteiger partial charge is 0.264 e. The number of thiophene rings is 1. The standard InChI is InChI=1S/C18H22BrN3O4S2/c1-20(26-2)28(24,25)16-6-3-14(4-7-16)18(23)22-11-9-21(10-12-22)13-15-5-8-17(19)27-15/h3-8H,9-13H2,1-2H3. The summed E-state index contributed by atoms with van der Waals surface area (Å²) in [6.45, 7) is 3.81. The van der Waals surface area contributed by atoms with E-state index in [0.717, 1.165) is 27.9 Å². The molecule has 1 aliphatic heterocycles. The van der Waals surface area contributed by atoms with Gasteiger partial charge in [0.05, 0.1) is 15.8 Å². The Kier molecular flexibility index (Phi) is 6.89. The van der Waals surface area contributed by atoms with Crippen molar-refractivity contribution in [1.29, 1.82) is 0 Å². The highest BCUT2D eigenvalue weighted by Gasteiger charge is 2.24. The SMILES string of the molecule is CON(C)S(=O)(=O)c1ccc(C(=O)N2CCN(Cc3ccc(Br)s3)CC2)cc1. The maximum atomic E-state index is 12.7. The molecule has 1 saturated heterocycles. The number of hydrogen-bond donors (Lipinski definition) is 0. The first-order valence-corrected chi connectivity index (χ1v) is 11.7. The van der Waals surface area contributed by atoms with E-state index in [4.69, 9.17) is 4.84 Å². The molecule has 1 fully saturated rings. The van der Waals surface area contributed by atoms with Crippen molar-refractivity contribution in [2.75, 3.05) is 40.3 Å². The third-order valence-electron chi connectivity index (χ3n) is 4.66. The number of nitrogens with zero attached hydrogens (tertiary/aromatic N) is 3. The summed E-state index contributed by atoms with van der Waals surface area (Å²) in [5, 5.41) is 0. The van der Waals surface area contributed by atoms with Crippen molar-refractivity contribution in [3.8, 4) is 0 Å². The molecule has 1 aromatic heterocycles. The lowest BCUT2D eigenvalue weighted by Crippen LogP contribution is -2.48. The van der Waals surface area contributed by atoms with E-state index < -0.39 is 10.0 Å². The molecule has 3 rings (SSSR count). The minimum atomic E-state index is -3.71. The van der Waals surface area contributed by atoms with Gasteiger partial charge in [0.2, 0.25) is 0 Å². The molecule has 0 atom stereocenters. The number of rotatable bonds is 6. The molecule has 10 heteroatoms. The number of halogens is 1. The summed E-state index contributed by atoms with van der Waals surface area (Å²) >= 11 is 5.21. The molecule has 1 amide bonds. The summed E-state index contributed by atoms with van der Waals surface area (Å²) in [7, 11) is -1.11. The average Bonchev–Trinajstić information content (AvgIpc) is 3.12. The number of hydrogen-bond acceptors (Lipinski definition) is 6. The summed E-state index contributed by atoms with van der Waals surface area (Å²) in [5.74, 6) is -0.0810. The fraction of sp³-hybridized carbons (Fsp3) is 0.389. The number of amides is 1. The van der Waals surface area contributed by atoms with Crippen molar-refractivity contribution in [2.45, 2.75) is 11.4 Å². The van der Waals surface area contributed by atoms with Crippen LogP contribution in [0.1, 0.15) is 15.2 Å². The van der Waals surface area contributed by atoms with E-state index in [2.05, 4.69) is 26.9 Å². The number of benzene rings is 1. The molecule has 0 N–H and O–H groups in total. The summed E-state index contributed by atoms with van der Waals surface area (Å²) in [5.41, 5.74) is 0.481. The lowest BCUT2D eigenvalue weighted by Gasteiger charge is -2.34. The molecular formula is C18H22BrN3O4S2. The van der Waals surface area contributed by atoms with Crippen molar-refractivity contribution in [2.24, 2.45) is 0 Å². The molecule has 0 bridgehead atoms. The predicted molar refractivity (Wildman–Crippen MR) is 112 cm³/mol. The molecule has 2 heterocycles. The number of hydroxylamine groups is 1. The topological polar surface area (TPSA) is 70.2 Å². The van der Waals surface area contributed by atoms with Crippen LogP contribution in [-0.2, 0) is 21.4 Å². The van der Waals surface area contributed by atoms with Crippen LogP contribution in [0, 0.1) is 0 Å². The number of sulfonamides is 1. The second-order valence-electron chi connectivity index (χ2n) is 6.40. The Morgan fingerprint density at radius 2 is 1.79 bits per heavy atom. The Hall–Kier alpha value is -1.30. The Labute approximate surface area is 177 Å². The number of carbonyl (C=O) groups is 1. The largest absolute Gasteiger partial charge is 0.336 e. The molecule has 1 aliphatic rings. The molecule has 0 saturated carbocycles. The van der Waals surface area contributed by atoms with Gasteiger partial charge in [-0.2, -0.15) is 0 Å². The molecule has 2 aromatic rings. The molecule has 0 unspecified atom stereocenters. The van der Waals surface area contributed by atoms with E-state index in [9.17, 15) is 13.2 Å². The lowest BCUT2D eigenvalue weighted by atomic mass is 10.2. The van der Waals surface area contributed by atoms with Gasteiger partial charge < -0.3 is 4.90 Å². The molecular weight excluding hydrogens is 466 g/mol. The minimum absolute atomic E-state index is 0.0810. The Bertz CT molecular complexity index is 923. The van der Waals surface area contributed by atoms with Crippen LogP contribution in [0.15, 0.2) is 45.1 Å². The van der Waals surface area contributed by atoms with Gasteiger partial charge in [0.25, 0.3) is 15.9 Å². The van der Waals surface area contributed by atoms with E-state index in [0.29, 0.717) is 18.7 Å². The van der Waals surface area contributed by atoms with Gasteiger partial charge in [-0.3, -0.25) is 14.5 Å². The van der Waals surface area contributed by atoms with Gasteiger partial charge in [-0.1, -0.05) is 4.47 Å². The Morgan fingerprint density at radius 3 is 2.32 bits per heavy atom. The van der Waals surface area contributed by atoms with Crippen LogP contribution in [-0.4, -0.2) is 68.9 Å². The quantitative estimate of drug-likeness (QED) is 0.585. The first-order valence-electron chi connectivity index (χ1n) is 8.70. The second kappa shape index (κ2) is 9.02. The van der Waals surface area contributed by atoms with Crippen molar-refractivity contribution in [3.63, 3.8) is 0 Å². The molecule has 28 heavy (non-hydrogen) atoms. The van der Waals surface area contributed by atoms with E-state index in [1.807, 2.05) is 11.0 Å². The number of carbonyl (C=O) groups excluding carboxylic acids is 1. The van der Waals surface area contributed by atoms with Gasteiger partial charge >= 0.3 is 0 Å². The summed E-state index contributed by atoms with van der Waals surface area (Å²) in [4.78, 5) is 23.0. The fourth-order valence-electron chi connectivity index (χ4n) is 2.96. The monoisotopic (exact) mass is 487 g/mol. The van der Waals surface area contributed by atoms with Gasteiger partial charge in [0.15, 0.2) is 0 Å². The zero-order valence-electron chi connectivity index (χ0n) is 15.7. The lowest BCUT2D eigenvalue weighted by molar-refractivity contribution is -0.0258. The van der Waals surface area contributed by atoms with Crippen molar-refractivity contribution < 1.29 is 18.0 Å². The van der Waals surface area contributed by atoms with Crippen LogP contribution in [0.4, 0.5) is 0 Å². The third kappa shape index (κ3) is 4.81. The summed E-state index contributed by atoms with van der Waals surface area (Å²) in [6, 6.07) is 10.1. The van der Waals surface area contributed by atoms with Crippen LogP contribution < -0.4 is 0 Å². The van der Waals surface area contributed by atoms with E-state index in [1.54, 1.807) is 23.5 Å². The predicted octanol–water partition coefficient (Wildman–Crippen LogP) is 2.65. The normalized spacial score (nSPS) is 15.9. The fourth-order valence-corrected chi connectivity index (χ4v) is 5.46. The maximum Gasteiger partial charge on any atom is 0.264 e. The molecule has 0 aliphatic carbocycles. The van der Waals surface area contributed by atoms with E-state index >= 15 is 0 Å². The van der Waals surface area contributed by atoms with Gasteiger partial charge in [-0.25, -0.2) is 8.42 Å². The first-order chi connectivity index (χ1) is 13.3. The van der Waals surface area contributed by atoms with Gasteiger partial charge in [-0.15, -0.1) is 11.3 Å². The Morgan fingerprint density at radius 1 is 1.14 bits per heavy atom. The zero-order chi connectivity index (χ0) is 20.3. The molecule has 7 nitrogen and oxygen atoms in total. The Balaban J connectivity index is 1.59. The highest BCUT2D eigenvalue weighted by Crippen LogP contribution is 2.24. The minimum Gasteiger partial charge on any atom is -0.336 e. The average molecular weight is 488 g/mol. The first kappa shape index (κ1) is 21.4. The maximum absolute atomic E-state index is 12.7. The van der Waals surface area contributed by atoms with Gasteiger partial charge in [0, 0.05) is 50.2 Å². The summed E-state index contributed by atoms with van der Waals surface area (Å²) < 4.78 is 26.4. The van der Waals surface area contributed by atoms with Crippen LogP contribution >= 0.6 is 27.3 Å². The van der Waals surface area contributed by atoms with Crippen LogP contribution in [0.2, 0.25) is 0 Å². The molecule has 0 spiro atoms. The van der Waals surface area contributed by atoms with Crippen LogP contribution in [0.5, 0.6) is 0 Å². The van der Waals surface area contributed by atoms with Gasteiger partial charge in [0.1, 0.15) is 0 Å². The van der Waals surface area contributed by atoms with Crippen molar-refractivity contribution in [3.05, 3.63) is 50.6 Å². The molecule has 0 radical (unpaired) electrons. The molecule has 1 aromatic carbocycles. The van der Waals surface area contributed by atoms with Crippen molar-refractivity contribution in [1.82, 2.24) is 14.3 Å². The molecule has 152 valence electrons. The third-order valence-corrected chi connectivity index (χ3v) is 7.96. The van der Waals surface area contributed by atoms with Crippen LogP contribution in [0.25, 0.3) is 0 Å². The van der Waals surface area contributed by atoms with E-state index in [1.165, 1.54) is 31.2 Å². The zero-order valence-corrected chi connectivity index (χ0v) is 18.9. The summed E-state index contributed by atoms with van der Waals surface area (Å²) in [6.07, 6.45) is 0. The van der Waals surface area contributed by atoms with E-state index in [-0.39, 0.29) is 10.8 Å². The number of piperazine rings is 1. The van der Waals surface area contributed by atoms with Crippen LogP contribution in [0.3, 0.4) is 0 Å². The highest BCUT2D eigenvalue weighted by atomic mass is 79.9. The van der Waals surface area contributed by atoms with Crippen molar-refractivity contribution >= 4 is 43.2 Å². The highest BCUT2D eigenvalue weighted by molar-refractivity contribution is 9.11. The van der Waals surface area contributed by atoms with Gasteiger partial charge in [-0.05, 0) is 52.3 Å². The second-order valence-corrected chi connectivity index (χ2v) is 10.9.